The second-order valence-electron chi connectivity index (χ2n) is 9.56. The minimum absolute atomic E-state index is 0.106. The van der Waals surface area contributed by atoms with Gasteiger partial charge in [0.1, 0.15) is 5.54 Å². The average Bonchev–Trinajstić information content (AvgIpc) is 3.23. The number of benzene rings is 1. The first-order valence-electron chi connectivity index (χ1n) is 11.7. The van der Waals surface area contributed by atoms with Gasteiger partial charge in [0.2, 0.25) is 17.7 Å². The molecule has 2 saturated heterocycles. The number of imide groups is 1. The van der Waals surface area contributed by atoms with Crippen molar-refractivity contribution in [2.75, 3.05) is 5.32 Å². The van der Waals surface area contributed by atoms with Crippen molar-refractivity contribution in [1.82, 2.24) is 10.2 Å². The fourth-order valence-corrected chi connectivity index (χ4v) is 6.43. The van der Waals surface area contributed by atoms with Crippen LogP contribution in [0.25, 0.3) is 0 Å². The number of amides is 3. The van der Waals surface area contributed by atoms with Gasteiger partial charge in [-0.15, -0.1) is 0 Å². The van der Waals surface area contributed by atoms with E-state index in [-0.39, 0.29) is 23.8 Å². The normalized spacial score (nSPS) is 34.1. The van der Waals surface area contributed by atoms with Crippen molar-refractivity contribution in [3.63, 3.8) is 0 Å². The van der Waals surface area contributed by atoms with Crippen molar-refractivity contribution in [1.29, 1.82) is 0 Å². The van der Waals surface area contributed by atoms with E-state index in [2.05, 4.69) is 10.6 Å². The molecule has 1 aromatic carbocycles. The van der Waals surface area contributed by atoms with Gasteiger partial charge in [-0.3, -0.25) is 24.6 Å². The van der Waals surface area contributed by atoms with Gasteiger partial charge in [-0.2, -0.15) is 0 Å². The van der Waals surface area contributed by atoms with Crippen LogP contribution in [0.1, 0.15) is 63.5 Å². The summed E-state index contributed by atoms with van der Waals surface area (Å²) in [5.74, 6) is -2.37. The molecule has 5 rings (SSSR count). The van der Waals surface area contributed by atoms with E-state index in [9.17, 15) is 19.5 Å². The number of hydrogen-bond donors (Lipinski definition) is 3. The SMILES string of the molecule is CCc1cccc2c1NC(=O)[C@@]21N[C@@H]([C@H](C)O)[C@H]2C(=O)N(C3CCCCCC3)C(=O)[C@H]21. The second kappa shape index (κ2) is 7.41. The smallest absolute Gasteiger partial charge is 0.250 e. The Morgan fingerprint density at radius 3 is 2.48 bits per heavy atom. The first-order valence-corrected chi connectivity index (χ1v) is 11.7. The molecule has 166 valence electrons. The maximum Gasteiger partial charge on any atom is 0.250 e. The van der Waals surface area contributed by atoms with Gasteiger partial charge < -0.3 is 10.4 Å². The number of nitrogens with one attached hydrogen (secondary N) is 2. The van der Waals surface area contributed by atoms with Crippen LogP contribution < -0.4 is 10.6 Å². The number of anilines is 1. The third-order valence-electron chi connectivity index (χ3n) is 7.90. The molecule has 1 spiro atoms. The zero-order valence-electron chi connectivity index (χ0n) is 18.2. The highest BCUT2D eigenvalue weighted by Gasteiger charge is 2.71. The summed E-state index contributed by atoms with van der Waals surface area (Å²) in [5.41, 5.74) is 1.14. The molecule has 1 saturated carbocycles. The molecule has 3 amide bonds. The van der Waals surface area contributed by atoms with E-state index < -0.39 is 29.5 Å². The van der Waals surface area contributed by atoms with Crippen LogP contribution in [0.5, 0.6) is 0 Å². The van der Waals surface area contributed by atoms with Crippen LogP contribution in [-0.2, 0) is 26.3 Å². The Bertz CT molecular complexity index is 937. The lowest BCUT2D eigenvalue weighted by Crippen LogP contribution is -2.55. The monoisotopic (exact) mass is 425 g/mol. The quantitative estimate of drug-likeness (QED) is 0.509. The standard InChI is InChI=1S/C24H31N3O4/c1-3-14-9-8-12-16-20(14)25-23(31)24(16)18-17(19(26-24)13(2)28)21(29)27(22(18)30)15-10-6-4-5-7-11-15/h8-9,12-13,15,17-19,26,28H,3-7,10-11H2,1-2H3,(H,25,31)/t13-,17-,18-,19-,24+/m0/s1. The Balaban J connectivity index is 1.63. The predicted molar refractivity (Wildman–Crippen MR) is 115 cm³/mol. The Morgan fingerprint density at radius 1 is 1.13 bits per heavy atom. The summed E-state index contributed by atoms with van der Waals surface area (Å²) in [6, 6.07) is 4.98. The van der Waals surface area contributed by atoms with Crippen LogP contribution in [0.4, 0.5) is 5.69 Å². The van der Waals surface area contributed by atoms with Crippen molar-refractivity contribution in [2.45, 2.75) is 82.5 Å². The van der Waals surface area contributed by atoms with E-state index in [1.807, 2.05) is 25.1 Å². The lowest BCUT2D eigenvalue weighted by Gasteiger charge is -2.32. The summed E-state index contributed by atoms with van der Waals surface area (Å²) in [7, 11) is 0. The van der Waals surface area contributed by atoms with Crippen LogP contribution in [0.2, 0.25) is 0 Å². The minimum atomic E-state index is -1.32. The second-order valence-corrected chi connectivity index (χ2v) is 9.56. The van der Waals surface area contributed by atoms with Gasteiger partial charge in [-0.05, 0) is 31.7 Å². The highest BCUT2D eigenvalue weighted by molar-refractivity contribution is 6.15. The van der Waals surface area contributed by atoms with E-state index in [1.54, 1.807) is 6.92 Å². The van der Waals surface area contributed by atoms with Crippen LogP contribution in [0, 0.1) is 11.8 Å². The molecule has 0 radical (unpaired) electrons. The molecule has 3 N–H and O–H groups in total. The summed E-state index contributed by atoms with van der Waals surface area (Å²) in [6.07, 6.45) is 5.76. The maximum atomic E-state index is 13.9. The molecule has 4 aliphatic rings. The summed E-state index contributed by atoms with van der Waals surface area (Å²) < 4.78 is 0. The van der Waals surface area contributed by atoms with Crippen LogP contribution >= 0.6 is 0 Å². The van der Waals surface area contributed by atoms with Gasteiger partial charge in [0, 0.05) is 23.3 Å². The number of carbonyl (C=O) groups excluding carboxylic acids is 3. The molecular weight excluding hydrogens is 394 g/mol. The van der Waals surface area contributed by atoms with Crippen molar-refractivity contribution in [2.24, 2.45) is 11.8 Å². The first kappa shape index (κ1) is 20.6. The number of carbonyl (C=O) groups is 3. The van der Waals surface area contributed by atoms with Crippen LogP contribution in [-0.4, -0.2) is 45.9 Å². The Kier molecular flexibility index (Phi) is 4.94. The number of para-hydroxylation sites is 1. The molecule has 7 nitrogen and oxygen atoms in total. The number of aryl methyl sites for hydroxylation is 1. The lowest BCUT2D eigenvalue weighted by molar-refractivity contribution is -0.146. The number of hydrogen-bond acceptors (Lipinski definition) is 5. The predicted octanol–water partition coefficient (Wildman–Crippen LogP) is 2.07. The topological polar surface area (TPSA) is 98.7 Å². The molecule has 0 unspecified atom stereocenters. The van der Waals surface area contributed by atoms with E-state index in [0.717, 1.165) is 61.8 Å². The van der Waals surface area contributed by atoms with Crippen molar-refractivity contribution in [3.8, 4) is 0 Å². The Hall–Kier alpha value is -2.25. The highest BCUT2D eigenvalue weighted by Crippen LogP contribution is 2.54. The van der Waals surface area contributed by atoms with Crippen molar-refractivity contribution < 1.29 is 19.5 Å². The van der Waals surface area contributed by atoms with Gasteiger partial charge in [-0.1, -0.05) is 50.8 Å². The molecule has 0 aromatic heterocycles. The number of nitrogens with zero attached hydrogens (tertiary/aromatic N) is 1. The Morgan fingerprint density at radius 2 is 1.84 bits per heavy atom. The molecule has 31 heavy (non-hydrogen) atoms. The van der Waals surface area contributed by atoms with Gasteiger partial charge in [0.05, 0.1) is 17.9 Å². The third-order valence-corrected chi connectivity index (χ3v) is 7.90. The zero-order chi connectivity index (χ0) is 21.9. The Labute approximate surface area is 182 Å². The number of likely N-dealkylation sites (tertiary alicyclic amines) is 1. The number of aliphatic hydroxyl groups excluding tert-OH is 1. The molecule has 3 aliphatic heterocycles. The van der Waals surface area contributed by atoms with Gasteiger partial charge in [-0.25, -0.2) is 0 Å². The van der Waals surface area contributed by atoms with Crippen LogP contribution in [0.3, 0.4) is 0 Å². The van der Waals surface area contributed by atoms with Gasteiger partial charge in [0.15, 0.2) is 0 Å². The molecule has 3 fully saturated rings. The molecule has 3 heterocycles. The van der Waals surface area contributed by atoms with Crippen molar-refractivity contribution >= 4 is 23.4 Å². The molecule has 1 aliphatic carbocycles. The molecule has 7 heteroatoms. The highest BCUT2D eigenvalue weighted by atomic mass is 16.3. The summed E-state index contributed by atoms with van der Waals surface area (Å²) in [4.78, 5) is 42.4. The van der Waals surface area contributed by atoms with E-state index in [0.29, 0.717) is 0 Å². The number of fused-ring (bicyclic) bond motifs is 4. The third kappa shape index (κ3) is 2.75. The summed E-state index contributed by atoms with van der Waals surface area (Å²) in [6.45, 7) is 3.64. The maximum absolute atomic E-state index is 13.9. The fraction of sp³-hybridized carbons (Fsp3) is 0.625. The fourth-order valence-electron chi connectivity index (χ4n) is 6.43. The summed E-state index contributed by atoms with van der Waals surface area (Å²) >= 11 is 0. The molecular formula is C24H31N3O4. The number of aliphatic hydroxyl groups is 1. The lowest BCUT2D eigenvalue weighted by atomic mass is 9.76. The molecule has 5 atom stereocenters. The van der Waals surface area contributed by atoms with E-state index >= 15 is 0 Å². The van der Waals surface area contributed by atoms with Gasteiger partial charge >= 0.3 is 0 Å². The van der Waals surface area contributed by atoms with Crippen molar-refractivity contribution in [3.05, 3.63) is 29.3 Å². The largest absolute Gasteiger partial charge is 0.392 e. The van der Waals surface area contributed by atoms with Crippen LogP contribution in [0.15, 0.2) is 18.2 Å². The van der Waals surface area contributed by atoms with Gasteiger partial charge in [0.25, 0.3) is 0 Å². The first-order chi connectivity index (χ1) is 14.9. The van der Waals surface area contributed by atoms with E-state index in [4.69, 9.17) is 0 Å². The van der Waals surface area contributed by atoms with E-state index in [1.165, 1.54) is 4.90 Å². The zero-order valence-corrected chi connectivity index (χ0v) is 18.2. The molecule has 1 aromatic rings. The number of rotatable bonds is 3. The molecule has 0 bridgehead atoms. The average molecular weight is 426 g/mol. The minimum Gasteiger partial charge on any atom is -0.392 e. The summed E-state index contributed by atoms with van der Waals surface area (Å²) in [5, 5.41) is 16.8.